The Hall–Kier alpha value is -0.820. The predicted octanol–water partition coefficient (Wildman–Crippen LogP) is 4.18. The summed E-state index contributed by atoms with van der Waals surface area (Å²) in [6.07, 6.45) is 2.32. The molecule has 1 N–H and O–H groups in total. The van der Waals surface area contributed by atoms with Crippen molar-refractivity contribution in [3.8, 4) is 0 Å². The van der Waals surface area contributed by atoms with Crippen molar-refractivity contribution in [2.24, 2.45) is 5.41 Å². The fraction of sp³-hybridized carbons (Fsp3) is 0.647. The minimum Gasteiger partial charge on any atom is -0.316 e. The van der Waals surface area contributed by atoms with Crippen LogP contribution in [0.25, 0.3) is 0 Å². The molecule has 0 fully saturated rings. The molecule has 1 unspecified atom stereocenters. The number of nitrogens with one attached hydrogen (secondary N) is 1. The third-order valence-electron chi connectivity index (χ3n) is 4.45. The highest BCUT2D eigenvalue weighted by molar-refractivity contribution is 5.38. The largest absolute Gasteiger partial charge is 0.316 e. The SMILES string of the molecule is CCC(C)(C)C(Cc1c(C)cc(C)cc1C)NC. The highest BCUT2D eigenvalue weighted by Gasteiger charge is 2.27. The molecule has 0 aliphatic rings. The number of hydrogen-bond acceptors (Lipinski definition) is 1. The molecule has 18 heavy (non-hydrogen) atoms. The summed E-state index contributed by atoms with van der Waals surface area (Å²) in [4.78, 5) is 0. The van der Waals surface area contributed by atoms with Crippen molar-refractivity contribution in [3.63, 3.8) is 0 Å². The number of likely N-dealkylation sites (N-methyl/N-ethyl adjacent to an activating group) is 1. The molecule has 0 heterocycles. The van der Waals surface area contributed by atoms with Gasteiger partial charge in [-0.05, 0) is 62.8 Å². The molecule has 1 nitrogen and oxygen atoms in total. The Morgan fingerprint density at radius 1 is 1.11 bits per heavy atom. The Morgan fingerprint density at radius 3 is 2.00 bits per heavy atom. The number of rotatable bonds is 5. The fourth-order valence-electron chi connectivity index (χ4n) is 2.75. The van der Waals surface area contributed by atoms with Crippen LogP contribution in [0.15, 0.2) is 12.1 Å². The first-order valence-electron chi connectivity index (χ1n) is 7.05. The van der Waals surface area contributed by atoms with Crippen LogP contribution >= 0.6 is 0 Å². The lowest BCUT2D eigenvalue weighted by Gasteiger charge is -2.34. The second kappa shape index (κ2) is 5.88. The Kier molecular flexibility index (Phi) is 4.98. The van der Waals surface area contributed by atoms with Crippen molar-refractivity contribution >= 4 is 0 Å². The average Bonchev–Trinajstić information content (AvgIpc) is 2.27. The molecular formula is C17H29N. The summed E-state index contributed by atoms with van der Waals surface area (Å²) in [7, 11) is 2.08. The van der Waals surface area contributed by atoms with Gasteiger partial charge in [-0.1, -0.05) is 38.5 Å². The van der Waals surface area contributed by atoms with E-state index in [1.165, 1.54) is 28.7 Å². The van der Waals surface area contributed by atoms with Crippen LogP contribution in [0.2, 0.25) is 0 Å². The Bertz CT molecular complexity index is 381. The van der Waals surface area contributed by atoms with E-state index in [4.69, 9.17) is 0 Å². The van der Waals surface area contributed by atoms with Crippen LogP contribution in [0, 0.1) is 26.2 Å². The molecule has 1 rings (SSSR count). The van der Waals surface area contributed by atoms with Gasteiger partial charge >= 0.3 is 0 Å². The lowest BCUT2D eigenvalue weighted by molar-refractivity contribution is 0.240. The van der Waals surface area contributed by atoms with E-state index in [0.29, 0.717) is 11.5 Å². The van der Waals surface area contributed by atoms with Crippen molar-refractivity contribution in [2.45, 2.75) is 60.4 Å². The Labute approximate surface area is 113 Å². The lowest BCUT2D eigenvalue weighted by atomic mass is 9.78. The standard InChI is InChI=1S/C17H29N/c1-8-17(5,6)16(18-7)11-15-13(3)9-12(2)10-14(15)4/h9-10,16,18H,8,11H2,1-7H3. The van der Waals surface area contributed by atoms with E-state index in [9.17, 15) is 0 Å². The maximum Gasteiger partial charge on any atom is 0.0156 e. The van der Waals surface area contributed by atoms with Gasteiger partial charge < -0.3 is 5.32 Å². The van der Waals surface area contributed by atoms with E-state index in [2.05, 4.69) is 66.0 Å². The van der Waals surface area contributed by atoms with Crippen LogP contribution in [0.1, 0.15) is 49.4 Å². The molecule has 1 aromatic carbocycles. The van der Waals surface area contributed by atoms with Gasteiger partial charge in [0.1, 0.15) is 0 Å². The average molecular weight is 247 g/mol. The maximum atomic E-state index is 3.51. The summed E-state index contributed by atoms with van der Waals surface area (Å²) < 4.78 is 0. The molecule has 0 aliphatic heterocycles. The van der Waals surface area contributed by atoms with Gasteiger partial charge in [-0.2, -0.15) is 0 Å². The van der Waals surface area contributed by atoms with Crippen molar-refractivity contribution in [1.29, 1.82) is 0 Å². The maximum absolute atomic E-state index is 3.51. The van der Waals surface area contributed by atoms with Gasteiger partial charge in [-0.15, -0.1) is 0 Å². The molecule has 0 aliphatic carbocycles. The van der Waals surface area contributed by atoms with Crippen molar-refractivity contribution in [2.75, 3.05) is 7.05 Å². The number of benzene rings is 1. The zero-order chi connectivity index (χ0) is 13.9. The van der Waals surface area contributed by atoms with Gasteiger partial charge in [0.2, 0.25) is 0 Å². The molecule has 1 heteroatoms. The quantitative estimate of drug-likeness (QED) is 0.823. The summed E-state index contributed by atoms with van der Waals surface area (Å²) in [5, 5.41) is 3.51. The van der Waals surface area contributed by atoms with Crippen molar-refractivity contribution < 1.29 is 0 Å². The van der Waals surface area contributed by atoms with Crippen LogP contribution in [-0.4, -0.2) is 13.1 Å². The first kappa shape index (κ1) is 15.2. The molecule has 0 radical (unpaired) electrons. The molecule has 1 aromatic rings. The number of aryl methyl sites for hydroxylation is 3. The highest BCUT2D eigenvalue weighted by Crippen LogP contribution is 2.29. The van der Waals surface area contributed by atoms with Crippen molar-refractivity contribution in [1.82, 2.24) is 5.32 Å². The summed E-state index contributed by atoms with van der Waals surface area (Å²) >= 11 is 0. The van der Waals surface area contributed by atoms with Crippen molar-refractivity contribution in [3.05, 3.63) is 34.4 Å². The first-order valence-corrected chi connectivity index (χ1v) is 7.05. The topological polar surface area (TPSA) is 12.0 Å². The number of hydrogen-bond donors (Lipinski definition) is 1. The molecular weight excluding hydrogens is 218 g/mol. The van der Waals surface area contributed by atoms with Gasteiger partial charge in [0, 0.05) is 6.04 Å². The van der Waals surface area contributed by atoms with E-state index in [1.807, 2.05) is 0 Å². The van der Waals surface area contributed by atoms with Gasteiger partial charge in [0.05, 0.1) is 0 Å². The lowest BCUT2D eigenvalue weighted by Crippen LogP contribution is -2.41. The zero-order valence-corrected chi connectivity index (χ0v) is 13.1. The predicted molar refractivity (Wildman–Crippen MR) is 81.3 cm³/mol. The minimum atomic E-state index is 0.332. The molecule has 0 bridgehead atoms. The summed E-state index contributed by atoms with van der Waals surface area (Å²) in [6.45, 7) is 13.6. The monoisotopic (exact) mass is 247 g/mol. The smallest absolute Gasteiger partial charge is 0.0156 e. The summed E-state index contributed by atoms with van der Waals surface area (Å²) in [5.74, 6) is 0. The third-order valence-corrected chi connectivity index (χ3v) is 4.45. The zero-order valence-electron chi connectivity index (χ0n) is 13.1. The van der Waals surface area contributed by atoms with E-state index < -0.39 is 0 Å². The second-order valence-electron chi connectivity index (χ2n) is 6.26. The molecule has 0 amide bonds. The van der Waals surface area contributed by atoms with Crippen LogP contribution < -0.4 is 5.32 Å². The van der Waals surface area contributed by atoms with Gasteiger partial charge in [0.25, 0.3) is 0 Å². The third kappa shape index (κ3) is 3.35. The summed E-state index contributed by atoms with van der Waals surface area (Å²) in [5.41, 5.74) is 6.07. The van der Waals surface area contributed by atoms with Gasteiger partial charge in [-0.3, -0.25) is 0 Å². The Morgan fingerprint density at radius 2 is 1.61 bits per heavy atom. The van der Waals surface area contributed by atoms with Gasteiger partial charge in [-0.25, -0.2) is 0 Å². The second-order valence-corrected chi connectivity index (χ2v) is 6.26. The van der Waals surface area contributed by atoms with E-state index in [-0.39, 0.29) is 0 Å². The minimum absolute atomic E-state index is 0.332. The molecule has 102 valence electrons. The van der Waals surface area contributed by atoms with Crippen LogP contribution in [-0.2, 0) is 6.42 Å². The van der Waals surface area contributed by atoms with Gasteiger partial charge in [0.15, 0.2) is 0 Å². The molecule has 0 saturated carbocycles. The normalized spacial score (nSPS) is 13.7. The molecule has 0 aromatic heterocycles. The molecule has 0 saturated heterocycles. The van der Waals surface area contributed by atoms with Crippen LogP contribution in [0.3, 0.4) is 0 Å². The van der Waals surface area contributed by atoms with E-state index in [1.54, 1.807) is 0 Å². The van der Waals surface area contributed by atoms with Crippen LogP contribution in [0.4, 0.5) is 0 Å². The molecule has 1 atom stereocenters. The first-order chi connectivity index (χ1) is 8.31. The highest BCUT2D eigenvalue weighted by atomic mass is 14.9. The Balaban J connectivity index is 3.03. The van der Waals surface area contributed by atoms with E-state index in [0.717, 1.165) is 6.42 Å². The molecule has 0 spiro atoms. The summed E-state index contributed by atoms with van der Waals surface area (Å²) in [6, 6.07) is 5.13. The van der Waals surface area contributed by atoms with E-state index >= 15 is 0 Å². The van der Waals surface area contributed by atoms with Crippen LogP contribution in [0.5, 0.6) is 0 Å². The fourth-order valence-corrected chi connectivity index (χ4v) is 2.75.